The minimum absolute atomic E-state index is 0.0490. The number of hydrogen-bond donors (Lipinski definition) is 1. The first kappa shape index (κ1) is 16.1. The molecule has 0 amide bonds. The summed E-state index contributed by atoms with van der Waals surface area (Å²) >= 11 is 0. The zero-order chi connectivity index (χ0) is 16.4. The molecule has 4 aliphatic carbocycles. The zero-order valence-corrected chi connectivity index (χ0v) is 15.2. The number of rotatable bonds is 1. The van der Waals surface area contributed by atoms with Crippen molar-refractivity contribution in [2.24, 2.45) is 40.4 Å². The molecule has 1 N–H and O–H groups in total. The Morgan fingerprint density at radius 1 is 0.913 bits per heavy atom. The topological polar surface area (TPSA) is 37.3 Å². The van der Waals surface area contributed by atoms with Gasteiger partial charge in [-0.2, -0.15) is 0 Å². The van der Waals surface area contributed by atoms with E-state index in [4.69, 9.17) is 0 Å². The highest BCUT2D eigenvalue weighted by Crippen LogP contribution is 2.67. The number of hydrogen-bond acceptors (Lipinski definition) is 2. The molecule has 0 aliphatic heterocycles. The highest BCUT2D eigenvalue weighted by atomic mass is 16.3. The van der Waals surface area contributed by atoms with Crippen molar-refractivity contribution < 1.29 is 9.90 Å². The predicted octanol–water partition coefficient (Wildman–Crippen LogP) is 4.60. The molecule has 4 fully saturated rings. The summed E-state index contributed by atoms with van der Waals surface area (Å²) in [4.78, 5) is 12.2. The van der Waals surface area contributed by atoms with Crippen molar-refractivity contribution in [3.63, 3.8) is 0 Å². The van der Waals surface area contributed by atoms with Crippen LogP contribution in [0.25, 0.3) is 0 Å². The Kier molecular flexibility index (Phi) is 3.72. The van der Waals surface area contributed by atoms with Gasteiger partial charge in [-0.25, -0.2) is 0 Å². The lowest BCUT2D eigenvalue weighted by Crippen LogP contribution is -2.54. The third-order valence-corrected chi connectivity index (χ3v) is 9.13. The summed E-state index contributed by atoms with van der Waals surface area (Å²) in [7, 11) is 0. The van der Waals surface area contributed by atoms with Crippen LogP contribution in [0.1, 0.15) is 78.6 Å². The molecule has 4 aliphatic rings. The second kappa shape index (κ2) is 5.31. The highest BCUT2D eigenvalue weighted by Gasteiger charge is 2.60. The number of aliphatic hydroxyl groups excluding tert-OH is 1. The summed E-state index contributed by atoms with van der Waals surface area (Å²) in [5.74, 6) is 3.97. The number of fused-ring (bicyclic) bond motifs is 5. The summed E-state index contributed by atoms with van der Waals surface area (Å²) in [6.07, 6.45) is 10.9. The summed E-state index contributed by atoms with van der Waals surface area (Å²) in [6, 6.07) is 0. The van der Waals surface area contributed by atoms with Crippen LogP contribution in [0.4, 0.5) is 0 Å². The largest absolute Gasteiger partial charge is 0.393 e. The smallest absolute Gasteiger partial charge is 0.133 e. The summed E-state index contributed by atoms with van der Waals surface area (Å²) in [6.45, 7) is 6.80. The molecule has 0 heterocycles. The molecule has 0 aromatic rings. The van der Waals surface area contributed by atoms with E-state index in [1.54, 1.807) is 0 Å². The van der Waals surface area contributed by atoms with Crippen molar-refractivity contribution in [2.45, 2.75) is 84.7 Å². The third-order valence-electron chi connectivity index (χ3n) is 9.13. The van der Waals surface area contributed by atoms with E-state index in [9.17, 15) is 9.90 Å². The number of carbonyl (C=O) groups is 1. The molecule has 2 heteroatoms. The Labute approximate surface area is 141 Å². The van der Waals surface area contributed by atoms with Crippen molar-refractivity contribution in [1.82, 2.24) is 0 Å². The minimum atomic E-state index is -0.0490. The van der Waals surface area contributed by atoms with Gasteiger partial charge < -0.3 is 5.11 Å². The van der Waals surface area contributed by atoms with Gasteiger partial charge in [-0.05, 0) is 99.2 Å². The second-order valence-corrected chi connectivity index (χ2v) is 9.87. The van der Waals surface area contributed by atoms with Crippen LogP contribution in [0, 0.1) is 40.4 Å². The second-order valence-electron chi connectivity index (χ2n) is 9.87. The van der Waals surface area contributed by atoms with E-state index in [1.165, 1.54) is 38.5 Å². The lowest BCUT2D eigenvalue weighted by atomic mass is 9.44. The average molecular weight is 319 g/mol. The molecule has 8 atom stereocenters. The van der Waals surface area contributed by atoms with Crippen LogP contribution in [-0.2, 0) is 4.79 Å². The van der Waals surface area contributed by atoms with Gasteiger partial charge in [-0.15, -0.1) is 0 Å². The van der Waals surface area contributed by atoms with Gasteiger partial charge in [0.1, 0.15) is 5.78 Å². The standard InChI is InChI=1S/C21H34O2/c1-13(22)17-6-7-18-16-5-4-14-12-15(23)8-10-20(14,2)19(16)9-11-21(17,18)3/h14-19,23H,4-12H2,1-3H3/t14-,15-,16-,17+,18+,19-,20-,21+/m0/s1. The number of Topliss-reactive ketones (excluding diaryl/α,β-unsaturated/α-hetero) is 1. The van der Waals surface area contributed by atoms with Crippen LogP contribution in [0.2, 0.25) is 0 Å². The maximum Gasteiger partial charge on any atom is 0.133 e. The normalized spacial score (nSPS) is 55.7. The molecular formula is C21H34O2. The molecular weight excluding hydrogens is 284 g/mol. The average Bonchev–Trinajstić information content (AvgIpc) is 2.85. The van der Waals surface area contributed by atoms with E-state index in [-0.39, 0.29) is 11.5 Å². The van der Waals surface area contributed by atoms with Gasteiger partial charge in [0.05, 0.1) is 6.10 Å². The fourth-order valence-electron chi connectivity index (χ4n) is 7.90. The summed E-state index contributed by atoms with van der Waals surface area (Å²) in [5, 5.41) is 10.1. The first-order valence-electron chi connectivity index (χ1n) is 10.0. The molecule has 4 rings (SSSR count). The molecule has 0 spiro atoms. The van der Waals surface area contributed by atoms with E-state index >= 15 is 0 Å². The van der Waals surface area contributed by atoms with Gasteiger partial charge in [-0.1, -0.05) is 13.8 Å². The van der Waals surface area contributed by atoms with Gasteiger partial charge in [-0.3, -0.25) is 4.79 Å². The van der Waals surface area contributed by atoms with E-state index in [0.29, 0.717) is 17.1 Å². The van der Waals surface area contributed by atoms with E-state index in [1.807, 2.05) is 6.92 Å². The van der Waals surface area contributed by atoms with E-state index < -0.39 is 0 Å². The van der Waals surface area contributed by atoms with Crippen LogP contribution in [0.5, 0.6) is 0 Å². The number of ketones is 1. The van der Waals surface area contributed by atoms with Gasteiger partial charge in [0.25, 0.3) is 0 Å². The predicted molar refractivity (Wildman–Crippen MR) is 91.9 cm³/mol. The van der Waals surface area contributed by atoms with E-state index in [2.05, 4.69) is 13.8 Å². The molecule has 4 saturated carbocycles. The molecule has 130 valence electrons. The Hall–Kier alpha value is -0.370. The quantitative estimate of drug-likeness (QED) is 0.767. The first-order valence-corrected chi connectivity index (χ1v) is 10.0. The van der Waals surface area contributed by atoms with E-state index in [0.717, 1.165) is 42.9 Å². The van der Waals surface area contributed by atoms with Gasteiger partial charge in [0, 0.05) is 5.92 Å². The minimum Gasteiger partial charge on any atom is -0.393 e. The molecule has 0 bridgehead atoms. The lowest BCUT2D eigenvalue weighted by Gasteiger charge is -2.60. The SMILES string of the molecule is CC(=O)[C@H]1CC[C@@H]2[C@@H]3CC[C@H]4C[C@@H](O)CC[C@]4(C)[C@H]3CC[C@]12C. The number of carbonyl (C=O) groups excluding carboxylic acids is 1. The molecule has 23 heavy (non-hydrogen) atoms. The maximum atomic E-state index is 12.2. The lowest BCUT2D eigenvalue weighted by molar-refractivity contribution is -0.138. The zero-order valence-electron chi connectivity index (χ0n) is 15.2. The molecule has 0 aromatic carbocycles. The van der Waals surface area contributed by atoms with Crippen molar-refractivity contribution in [1.29, 1.82) is 0 Å². The first-order chi connectivity index (χ1) is 10.9. The van der Waals surface area contributed by atoms with Crippen molar-refractivity contribution in [2.75, 3.05) is 0 Å². The fraction of sp³-hybridized carbons (Fsp3) is 0.952. The Morgan fingerprint density at radius 3 is 2.35 bits per heavy atom. The fourth-order valence-corrected chi connectivity index (χ4v) is 7.90. The van der Waals surface area contributed by atoms with Crippen LogP contribution >= 0.6 is 0 Å². The maximum absolute atomic E-state index is 12.2. The Bertz CT molecular complexity index is 500. The molecule has 0 saturated heterocycles. The monoisotopic (exact) mass is 318 g/mol. The van der Waals surface area contributed by atoms with Gasteiger partial charge >= 0.3 is 0 Å². The van der Waals surface area contributed by atoms with Crippen molar-refractivity contribution >= 4 is 5.78 Å². The molecule has 2 nitrogen and oxygen atoms in total. The summed E-state index contributed by atoms with van der Waals surface area (Å²) in [5.41, 5.74) is 0.738. The Balaban J connectivity index is 1.61. The van der Waals surface area contributed by atoms with Crippen LogP contribution in [0.15, 0.2) is 0 Å². The molecule has 0 aromatic heterocycles. The number of aliphatic hydroxyl groups is 1. The molecule has 0 radical (unpaired) electrons. The third kappa shape index (κ3) is 2.19. The van der Waals surface area contributed by atoms with Crippen LogP contribution in [0.3, 0.4) is 0 Å². The summed E-state index contributed by atoms with van der Waals surface area (Å²) < 4.78 is 0. The molecule has 0 unspecified atom stereocenters. The van der Waals surface area contributed by atoms with Crippen molar-refractivity contribution in [3.8, 4) is 0 Å². The van der Waals surface area contributed by atoms with Gasteiger partial charge in [0.2, 0.25) is 0 Å². The van der Waals surface area contributed by atoms with Crippen LogP contribution < -0.4 is 0 Å². The van der Waals surface area contributed by atoms with Crippen LogP contribution in [-0.4, -0.2) is 17.0 Å². The highest BCUT2D eigenvalue weighted by molar-refractivity contribution is 5.79. The van der Waals surface area contributed by atoms with Gasteiger partial charge in [0.15, 0.2) is 0 Å². The van der Waals surface area contributed by atoms with Crippen molar-refractivity contribution in [3.05, 3.63) is 0 Å². The Morgan fingerprint density at radius 2 is 1.61 bits per heavy atom.